The first-order valence-electron chi connectivity index (χ1n) is 8.78. The molecule has 0 unspecified atom stereocenters. The number of methoxy groups -OCH3 is 3. The molecule has 0 spiro atoms. The number of ether oxygens (including phenoxy) is 4. The Balaban J connectivity index is 1.60. The molecule has 0 radical (unpaired) electrons. The molecule has 0 aliphatic heterocycles. The number of esters is 1. The second kappa shape index (κ2) is 9.41. The molecular formula is C20H20N4O6. The number of hydrogen-bond donors (Lipinski definition) is 1. The first-order valence-corrected chi connectivity index (χ1v) is 8.78. The number of hydrogen-bond acceptors (Lipinski definition) is 8. The van der Waals surface area contributed by atoms with Crippen LogP contribution in [0.3, 0.4) is 0 Å². The lowest BCUT2D eigenvalue weighted by Crippen LogP contribution is -2.21. The Hall–Kier alpha value is -4.08. The minimum atomic E-state index is -0.672. The SMILES string of the molecule is COc1cc(NC(=O)COC(=O)c2ccc(-n3cccn3)nc2)cc(OC)c1OC. The molecule has 2 heterocycles. The predicted molar refractivity (Wildman–Crippen MR) is 106 cm³/mol. The molecular weight excluding hydrogens is 392 g/mol. The Kier molecular flexibility index (Phi) is 6.48. The van der Waals surface area contributed by atoms with Crippen molar-refractivity contribution in [2.75, 3.05) is 33.3 Å². The number of carbonyl (C=O) groups excluding carboxylic acids is 2. The summed E-state index contributed by atoms with van der Waals surface area (Å²) in [6.07, 6.45) is 4.71. The molecule has 0 atom stereocenters. The fraction of sp³-hybridized carbons (Fsp3) is 0.200. The zero-order valence-electron chi connectivity index (χ0n) is 16.6. The third-order valence-corrected chi connectivity index (χ3v) is 4.01. The summed E-state index contributed by atoms with van der Waals surface area (Å²) >= 11 is 0. The van der Waals surface area contributed by atoms with Gasteiger partial charge in [0.2, 0.25) is 5.75 Å². The van der Waals surface area contributed by atoms with Crippen molar-refractivity contribution >= 4 is 17.6 Å². The van der Waals surface area contributed by atoms with Gasteiger partial charge in [0.1, 0.15) is 0 Å². The van der Waals surface area contributed by atoms with Crippen molar-refractivity contribution in [3.05, 3.63) is 54.5 Å². The smallest absolute Gasteiger partial charge is 0.340 e. The average Bonchev–Trinajstić information content (AvgIpc) is 3.31. The number of benzene rings is 1. The summed E-state index contributed by atoms with van der Waals surface area (Å²) < 4.78 is 22.3. The van der Waals surface area contributed by atoms with Gasteiger partial charge in [-0.15, -0.1) is 0 Å². The van der Waals surface area contributed by atoms with Gasteiger partial charge in [0.25, 0.3) is 5.91 Å². The van der Waals surface area contributed by atoms with Gasteiger partial charge in [-0.2, -0.15) is 5.10 Å². The maximum Gasteiger partial charge on any atom is 0.340 e. The first-order chi connectivity index (χ1) is 14.5. The maximum absolute atomic E-state index is 12.2. The molecule has 0 saturated carbocycles. The highest BCUT2D eigenvalue weighted by Crippen LogP contribution is 2.39. The summed E-state index contributed by atoms with van der Waals surface area (Å²) in [5.41, 5.74) is 0.613. The van der Waals surface area contributed by atoms with Gasteiger partial charge < -0.3 is 24.3 Å². The number of nitrogens with zero attached hydrogens (tertiary/aromatic N) is 3. The monoisotopic (exact) mass is 412 g/mol. The maximum atomic E-state index is 12.2. The van der Waals surface area contributed by atoms with Crippen molar-refractivity contribution in [1.82, 2.24) is 14.8 Å². The van der Waals surface area contributed by atoms with Gasteiger partial charge in [0, 0.05) is 36.4 Å². The Bertz CT molecular complexity index is 993. The lowest BCUT2D eigenvalue weighted by molar-refractivity contribution is -0.119. The van der Waals surface area contributed by atoms with Crippen molar-refractivity contribution in [3.63, 3.8) is 0 Å². The molecule has 1 N–H and O–H groups in total. The van der Waals surface area contributed by atoms with Crippen LogP contribution in [0.15, 0.2) is 48.9 Å². The molecule has 0 fully saturated rings. The third-order valence-electron chi connectivity index (χ3n) is 4.01. The van der Waals surface area contributed by atoms with Crippen LogP contribution in [0.25, 0.3) is 5.82 Å². The highest BCUT2D eigenvalue weighted by atomic mass is 16.5. The van der Waals surface area contributed by atoms with E-state index in [1.54, 1.807) is 47.4 Å². The topological polar surface area (TPSA) is 114 Å². The zero-order chi connectivity index (χ0) is 21.5. The van der Waals surface area contributed by atoms with E-state index in [-0.39, 0.29) is 5.56 Å². The highest BCUT2D eigenvalue weighted by molar-refractivity contribution is 5.95. The summed E-state index contributed by atoms with van der Waals surface area (Å²) in [7, 11) is 4.42. The van der Waals surface area contributed by atoms with Crippen LogP contribution in [-0.2, 0) is 9.53 Å². The van der Waals surface area contributed by atoms with Gasteiger partial charge in [0.15, 0.2) is 23.9 Å². The highest BCUT2D eigenvalue weighted by Gasteiger charge is 2.16. The Labute approximate surface area is 172 Å². The quantitative estimate of drug-likeness (QED) is 0.560. The number of pyridine rings is 1. The molecule has 0 bridgehead atoms. The molecule has 2 aromatic heterocycles. The van der Waals surface area contributed by atoms with Crippen LogP contribution >= 0.6 is 0 Å². The Morgan fingerprint density at radius 2 is 1.80 bits per heavy atom. The number of carbonyl (C=O) groups is 2. The second-order valence-electron chi connectivity index (χ2n) is 5.89. The summed E-state index contributed by atoms with van der Waals surface area (Å²) in [6, 6.07) is 8.07. The van der Waals surface area contributed by atoms with Crippen LogP contribution in [0.4, 0.5) is 5.69 Å². The molecule has 0 aliphatic carbocycles. The van der Waals surface area contributed by atoms with E-state index in [0.29, 0.717) is 28.8 Å². The molecule has 0 saturated heterocycles. The van der Waals surface area contributed by atoms with E-state index >= 15 is 0 Å². The van der Waals surface area contributed by atoms with Gasteiger partial charge in [-0.1, -0.05) is 0 Å². The summed E-state index contributed by atoms with van der Waals surface area (Å²) in [4.78, 5) is 28.5. The fourth-order valence-electron chi connectivity index (χ4n) is 2.61. The van der Waals surface area contributed by atoms with Gasteiger partial charge in [-0.3, -0.25) is 4.79 Å². The van der Waals surface area contributed by atoms with E-state index in [1.165, 1.54) is 27.5 Å². The lowest BCUT2D eigenvalue weighted by atomic mass is 10.2. The van der Waals surface area contributed by atoms with E-state index in [0.717, 1.165) is 0 Å². The van der Waals surface area contributed by atoms with Gasteiger partial charge >= 0.3 is 5.97 Å². The zero-order valence-corrected chi connectivity index (χ0v) is 16.6. The summed E-state index contributed by atoms with van der Waals surface area (Å²) in [5, 5.41) is 6.67. The van der Waals surface area contributed by atoms with Gasteiger partial charge in [0.05, 0.1) is 26.9 Å². The van der Waals surface area contributed by atoms with Gasteiger partial charge in [-0.05, 0) is 18.2 Å². The van der Waals surface area contributed by atoms with Crippen LogP contribution in [0.1, 0.15) is 10.4 Å². The molecule has 1 aromatic carbocycles. The van der Waals surface area contributed by atoms with Crippen molar-refractivity contribution in [1.29, 1.82) is 0 Å². The first kappa shape index (κ1) is 20.6. The largest absolute Gasteiger partial charge is 0.493 e. The second-order valence-corrected chi connectivity index (χ2v) is 5.89. The molecule has 156 valence electrons. The number of amides is 1. The van der Waals surface area contributed by atoms with Crippen molar-refractivity contribution in [2.45, 2.75) is 0 Å². The Morgan fingerprint density at radius 1 is 1.07 bits per heavy atom. The van der Waals surface area contributed by atoms with Crippen LogP contribution in [0, 0.1) is 0 Å². The van der Waals surface area contributed by atoms with E-state index in [2.05, 4.69) is 15.4 Å². The van der Waals surface area contributed by atoms with Gasteiger partial charge in [-0.25, -0.2) is 14.5 Å². The van der Waals surface area contributed by atoms with Crippen LogP contribution in [-0.4, -0.2) is 54.6 Å². The number of anilines is 1. The summed E-state index contributed by atoms with van der Waals surface area (Å²) in [5.74, 6) is 0.514. The van der Waals surface area contributed by atoms with Crippen LogP contribution in [0.5, 0.6) is 17.2 Å². The standard InChI is InChI=1S/C20H20N4O6/c1-27-15-9-14(10-16(28-2)19(15)29-3)23-18(25)12-30-20(26)13-5-6-17(21-11-13)24-8-4-7-22-24/h4-11H,12H2,1-3H3,(H,23,25). The van der Waals surface area contributed by atoms with E-state index in [1.807, 2.05) is 0 Å². The summed E-state index contributed by atoms with van der Waals surface area (Å²) in [6.45, 7) is -0.476. The average molecular weight is 412 g/mol. The van der Waals surface area contributed by atoms with Crippen LogP contribution in [0.2, 0.25) is 0 Å². The third kappa shape index (κ3) is 4.66. The van der Waals surface area contributed by atoms with Crippen LogP contribution < -0.4 is 19.5 Å². The molecule has 3 aromatic rings. The molecule has 0 aliphatic rings. The molecule has 10 heteroatoms. The Morgan fingerprint density at radius 3 is 2.33 bits per heavy atom. The van der Waals surface area contributed by atoms with Crippen molar-refractivity contribution in [2.24, 2.45) is 0 Å². The van der Waals surface area contributed by atoms with E-state index < -0.39 is 18.5 Å². The van der Waals surface area contributed by atoms with Crippen molar-refractivity contribution in [3.8, 4) is 23.1 Å². The molecule has 3 rings (SSSR count). The van der Waals surface area contributed by atoms with Crippen molar-refractivity contribution < 1.29 is 28.5 Å². The minimum Gasteiger partial charge on any atom is -0.493 e. The minimum absolute atomic E-state index is 0.214. The normalized spacial score (nSPS) is 10.2. The number of nitrogens with one attached hydrogen (secondary N) is 1. The number of rotatable bonds is 8. The van der Waals surface area contributed by atoms with E-state index in [4.69, 9.17) is 18.9 Å². The lowest BCUT2D eigenvalue weighted by Gasteiger charge is -2.14. The fourth-order valence-corrected chi connectivity index (χ4v) is 2.61. The molecule has 30 heavy (non-hydrogen) atoms. The predicted octanol–water partition coefficient (Wildman–Crippen LogP) is 2.09. The number of aromatic nitrogens is 3. The van der Waals surface area contributed by atoms with E-state index in [9.17, 15) is 9.59 Å². The molecule has 1 amide bonds. The molecule has 10 nitrogen and oxygen atoms in total.